The van der Waals surface area contributed by atoms with Crippen LogP contribution in [-0.4, -0.2) is 51.3 Å². The van der Waals surface area contributed by atoms with Gasteiger partial charge in [-0.25, -0.2) is 19.3 Å². The predicted octanol–water partition coefficient (Wildman–Crippen LogP) is 1.63. The molecule has 172 valence electrons. The summed E-state index contributed by atoms with van der Waals surface area (Å²) in [6.07, 6.45) is -0.0281. The number of nitrogens with one attached hydrogen (secondary N) is 2. The third-order valence-corrected chi connectivity index (χ3v) is 6.93. The number of rotatable bonds is 9. The molecule has 0 unspecified atom stereocenters. The fourth-order valence-corrected chi connectivity index (χ4v) is 4.68. The molecule has 0 aliphatic heterocycles. The van der Waals surface area contributed by atoms with Crippen LogP contribution in [0, 0.1) is 13.8 Å². The minimum atomic E-state index is -3.31. The Labute approximate surface area is 183 Å². The average molecular weight is 463 g/mol. The summed E-state index contributed by atoms with van der Waals surface area (Å²) in [7, 11) is -3.31. The second kappa shape index (κ2) is 9.72. The maximum atomic E-state index is 12.9. The first kappa shape index (κ1) is 23.8. The summed E-state index contributed by atoms with van der Waals surface area (Å²) in [4.78, 5) is 48.8. The summed E-state index contributed by atoms with van der Waals surface area (Å²) in [5.41, 5.74) is 1.60. The molecule has 0 aliphatic carbocycles. The number of benzene rings is 1. The van der Waals surface area contributed by atoms with E-state index in [1.807, 2.05) is 26.0 Å². The zero-order valence-electron chi connectivity index (χ0n) is 18.4. The number of aromatic nitrogens is 4. The van der Waals surface area contributed by atoms with Gasteiger partial charge in [0, 0.05) is 6.54 Å². The summed E-state index contributed by atoms with van der Waals surface area (Å²) in [6.45, 7) is 7.13. The molecule has 0 saturated heterocycles. The summed E-state index contributed by atoms with van der Waals surface area (Å²) in [5.74, 6) is -0.600. The van der Waals surface area contributed by atoms with Crippen molar-refractivity contribution in [3.8, 4) is 0 Å². The monoisotopic (exact) mass is 463 g/mol. The fraction of sp³-hybridized carbons (Fsp3) is 0.450. The van der Waals surface area contributed by atoms with Gasteiger partial charge in [0.05, 0.1) is 30.4 Å². The highest BCUT2D eigenvalue weighted by molar-refractivity contribution is 7.53. The van der Waals surface area contributed by atoms with E-state index in [0.717, 1.165) is 15.7 Å². The SMILES string of the molecule is CCOP(=O)(CCNC(=O)Cn1c(=O)[nH]c2nc3cc(C)c(C)cc3nc2c1=O)OCC. The number of aryl methyl sites for hydroxylation is 2. The molecule has 3 rings (SSSR count). The average Bonchev–Trinajstić information content (AvgIpc) is 2.71. The number of H-pyrrole nitrogens is 1. The van der Waals surface area contributed by atoms with E-state index >= 15 is 0 Å². The number of hydrogen-bond donors (Lipinski definition) is 2. The molecule has 2 aromatic heterocycles. The number of amides is 1. The third-order valence-electron chi connectivity index (χ3n) is 4.86. The Kier molecular flexibility index (Phi) is 7.22. The van der Waals surface area contributed by atoms with Crippen molar-refractivity contribution in [2.45, 2.75) is 34.2 Å². The van der Waals surface area contributed by atoms with Gasteiger partial charge in [-0.15, -0.1) is 0 Å². The van der Waals surface area contributed by atoms with E-state index in [2.05, 4.69) is 20.3 Å². The highest BCUT2D eigenvalue weighted by atomic mass is 31.2. The van der Waals surface area contributed by atoms with Gasteiger partial charge in [0.25, 0.3) is 5.56 Å². The van der Waals surface area contributed by atoms with Crippen LogP contribution in [0.2, 0.25) is 0 Å². The molecule has 1 aromatic carbocycles. The Morgan fingerprint density at radius 2 is 1.69 bits per heavy atom. The van der Waals surface area contributed by atoms with E-state index in [9.17, 15) is 18.9 Å². The first-order chi connectivity index (χ1) is 15.2. The predicted molar refractivity (Wildman–Crippen MR) is 120 cm³/mol. The number of hydrogen-bond acceptors (Lipinski definition) is 8. The molecular formula is C20H26N5O6P. The molecule has 2 N–H and O–H groups in total. The van der Waals surface area contributed by atoms with Gasteiger partial charge in [-0.2, -0.15) is 0 Å². The second-order valence-electron chi connectivity index (χ2n) is 7.19. The molecule has 0 aliphatic rings. The van der Waals surface area contributed by atoms with E-state index in [1.165, 1.54) is 0 Å². The van der Waals surface area contributed by atoms with E-state index in [4.69, 9.17) is 9.05 Å². The molecule has 32 heavy (non-hydrogen) atoms. The lowest BCUT2D eigenvalue weighted by Crippen LogP contribution is -2.41. The van der Waals surface area contributed by atoms with Gasteiger partial charge in [-0.1, -0.05) is 0 Å². The second-order valence-corrected chi connectivity index (χ2v) is 9.37. The first-order valence-electron chi connectivity index (χ1n) is 10.2. The molecule has 0 bridgehead atoms. The molecule has 0 fully saturated rings. The van der Waals surface area contributed by atoms with Crippen molar-refractivity contribution >= 4 is 35.7 Å². The van der Waals surface area contributed by atoms with Gasteiger partial charge >= 0.3 is 13.3 Å². The Morgan fingerprint density at radius 1 is 1.09 bits per heavy atom. The van der Waals surface area contributed by atoms with Crippen molar-refractivity contribution in [3.05, 3.63) is 44.1 Å². The van der Waals surface area contributed by atoms with Gasteiger partial charge in [0.1, 0.15) is 6.54 Å². The summed E-state index contributed by atoms with van der Waals surface area (Å²) >= 11 is 0. The van der Waals surface area contributed by atoms with Crippen LogP contribution < -0.4 is 16.6 Å². The largest absolute Gasteiger partial charge is 0.354 e. The Balaban J connectivity index is 1.82. The van der Waals surface area contributed by atoms with Crippen LogP contribution in [0.5, 0.6) is 0 Å². The molecule has 0 radical (unpaired) electrons. The smallest absolute Gasteiger partial charge is 0.332 e. The van der Waals surface area contributed by atoms with E-state index in [1.54, 1.807) is 13.8 Å². The lowest BCUT2D eigenvalue weighted by Gasteiger charge is -2.17. The van der Waals surface area contributed by atoms with Gasteiger partial charge in [-0.3, -0.25) is 19.1 Å². The normalized spacial score (nSPS) is 11.9. The van der Waals surface area contributed by atoms with Crippen LogP contribution in [0.15, 0.2) is 21.7 Å². The van der Waals surface area contributed by atoms with Crippen LogP contribution in [0.1, 0.15) is 25.0 Å². The van der Waals surface area contributed by atoms with E-state index < -0.39 is 31.3 Å². The third kappa shape index (κ3) is 5.12. The Bertz CT molecular complexity index is 1320. The highest BCUT2D eigenvalue weighted by Crippen LogP contribution is 2.47. The van der Waals surface area contributed by atoms with Crippen molar-refractivity contribution < 1.29 is 18.4 Å². The van der Waals surface area contributed by atoms with Crippen LogP contribution in [0.25, 0.3) is 22.2 Å². The van der Waals surface area contributed by atoms with Crippen molar-refractivity contribution in [3.63, 3.8) is 0 Å². The lowest BCUT2D eigenvalue weighted by molar-refractivity contribution is -0.121. The maximum Gasteiger partial charge on any atom is 0.332 e. The van der Waals surface area contributed by atoms with Gasteiger partial charge < -0.3 is 14.4 Å². The van der Waals surface area contributed by atoms with Crippen molar-refractivity contribution in [1.29, 1.82) is 0 Å². The lowest BCUT2D eigenvalue weighted by atomic mass is 10.1. The minimum absolute atomic E-state index is 0.000577. The molecule has 3 aromatic rings. The number of carbonyl (C=O) groups excluding carboxylic acids is 1. The quantitative estimate of drug-likeness (QED) is 0.360. The zero-order valence-corrected chi connectivity index (χ0v) is 19.3. The summed E-state index contributed by atoms with van der Waals surface area (Å²) < 4.78 is 23.5. The van der Waals surface area contributed by atoms with Gasteiger partial charge in [0.15, 0.2) is 11.2 Å². The van der Waals surface area contributed by atoms with Crippen molar-refractivity contribution in [2.75, 3.05) is 25.9 Å². The van der Waals surface area contributed by atoms with Crippen molar-refractivity contribution in [1.82, 2.24) is 24.8 Å². The van der Waals surface area contributed by atoms with Crippen molar-refractivity contribution in [2.24, 2.45) is 0 Å². The highest BCUT2D eigenvalue weighted by Gasteiger charge is 2.23. The molecule has 0 atom stereocenters. The number of aromatic amines is 1. The maximum absolute atomic E-state index is 12.9. The van der Waals surface area contributed by atoms with Crippen LogP contribution in [-0.2, 0) is 25.0 Å². The molecule has 0 saturated carbocycles. The molecule has 1 amide bonds. The standard InChI is InChI=1S/C20H26N5O6P/c1-5-30-32(29,31-6-2)8-7-21-16(26)11-25-19(27)17-18(24-20(25)28)23-15-10-13(4)12(3)9-14(15)22-17/h9-10H,5-8,11H2,1-4H3,(H,21,26)(H,23,24,28). The molecule has 2 heterocycles. The van der Waals surface area contributed by atoms with Gasteiger partial charge in [-0.05, 0) is 51.0 Å². The molecule has 11 nitrogen and oxygen atoms in total. The molecule has 12 heteroatoms. The van der Waals surface area contributed by atoms with E-state index in [-0.39, 0.29) is 37.1 Å². The summed E-state index contributed by atoms with van der Waals surface area (Å²) in [6, 6.07) is 3.64. The summed E-state index contributed by atoms with van der Waals surface area (Å²) in [5, 5.41) is 2.53. The number of carbonyl (C=O) groups is 1. The molecular weight excluding hydrogens is 437 g/mol. The van der Waals surface area contributed by atoms with Crippen LogP contribution in [0.3, 0.4) is 0 Å². The first-order valence-corrected chi connectivity index (χ1v) is 12.0. The number of fused-ring (bicyclic) bond motifs is 2. The minimum Gasteiger partial charge on any atom is -0.354 e. The fourth-order valence-electron chi connectivity index (χ4n) is 3.17. The van der Waals surface area contributed by atoms with E-state index in [0.29, 0.717) is 11.0 Å². The van der Waals surface area contributed by atoms with Crippen LogP contribution in [0.4, 0.5) is 0 Å². The topological polar surface area (TPSA) is 145 Å². The molecule has 0 spiro atoms. The Hall–Kier alpha value is -2.88. The Morgan fingerprint density at radius 3 is 2.28 bits per heavy atom. The number of nitrogens with zero attached hydrogens (tertiary/aromatic N) is 3. The van der Waals surface area contributed by atoms with Gasteiger partial charge in [0.2, 0.25) is 5.91 Å². The van der Waals surface area contributed by atoms with Crippen LogP contribution >= 0.6 is 7.60 Å². The zero-order chi connectivity index (χ0) is 23.5.